The quantitative estimate of drug-likeness (QED) is 0.624. The van der Waals surface area contributed by atoms with E-state index in [1.165, 1.54) is 19.4 Å². The summed E-state index contributed by atoms with van der Waals surface area (Å²) < 4.78 is 10.2. The van der Waals surface area contributed by atoms with Crippen LogP contribution in [0.4, 0.5) is 0 Å². The molecule has 0 fully saturated rings. The van der Waals surface area contributed by atoms with Crippen molar-refractivity contribution in [1.29, 1.82) is 0 Å². The zero-order chi connectivity index (χ0) is 16.7. The SMILES string of the molecule is COc1cc(C=CC(=O)c2ccccc2)ncc1OCC(=O)O. The van der Waals surface area contributed by atoms with Crippen LogP contribution in [0.15, 0.2) is 48.7 Å². The van der Waals surface area contributed by atoms with Gasteiger partial charge < -0.3 is 14.6 Å². The van der Waals surface area contributed by atoms with Crippen LogP contribution in [0.3, 0.4) is 0 Å². The van der Waals surface area contributed by atoms with Crippen LogP contribution >= 0.6 is 0 Å². The zero-order valence-corrected chi connectivity index (χ0v) is 12.4. The maximum absolute atomic E-state index is 12.0. The molecule has 2 aromatic rings. The number of carboxylic acids is 1. The van der Waals surface area contributed by atoms with Crippen molar-refractivity contribution in [3.8, 4) is 11.5 Å². The van der Waals surface area contributed by atoms with Crippen molar-refractivity contribution < 1.29 is 24.2 Å². The van der Waals surface area contributed by atoms with Crippen LogP contribution in [-0.4, -0.2) is 35.6 Å². The molecule has 1 N–H and O–H groups in total. The van der Waals surface area contributed by atoms with Gasteiger partial charge in [0.25, 0.3) is 0 Å². The Morgan fingerprint density at radius 1 is 1.22 bits per heavy atom. The lowest BCUT2D eigenvalue weighted by Crippen LogP contribution is -2.10. The molecule has 0 aliphatic carbocycles. The summed E-state index contributed by atoms with van der Waals surface area (Å²) in [7, 11) is 1.44. The van der Waals surface area contributed by atoms with Crippen molar-refractivity contribution in [2.45, 2.75) is 0 Å². The first-order valence-corrected chi connectivity index (χ1v) is 6.76. The highest BCUT2D eigenvalue weighted by Crippen LogP contribution is 2.26. The maximum Gasteiger partial charge on any atom is 0.341 e. The highest BCUT2D eigenvalue weighted by atomic mass is 16.5. The summed E-state index contributed by atoms with van der Waals surface area (Å²) in [5.41, 5.74) is 1.07. The molecule has 6 nitrogen and oxygen atoms in total. The highest BCUT2D eigenvalue weighted by molar-refractivity contribution is 6.06. The molecule has 6 heteroatoms. The molecular formula is C17H15NO5. The summed E-state index contributed by atoms with van der Waals surface area (Å²) in [6.45, 7) is -0.486. The second kappa shape index (κ2) is 7.74. The fourth-order valence-corrected chi connectivity index (χ4v) is 1.80. The lowest BCUT2D eigenvalue weighted by molar-refractivity contribution is -0.139. The number of hydrogen-bond acceptors (Lipinski definition) is 5. The summed E-state index contributed by atoms with van der Waals surface area (Å²) in [6, 6.07) is 10.4. The van der Waals surface area contributed by atoms with E-state index in [-0.39, 0.29) is 11.5 Å². The summed E-state index contributed by atoms with van der Waals surface area (Å²) in [5.74, 6) is -0.670. The van der Waals surface area contributed by atoms with E-state index in [0.717, 1.165) is 0 Å². The first-order chi connectivity index (χ1) is 11.1. The molecule has 0 amide bonds. The fraction of sp³-hybridized carbons (Fsp3) is 0.118. The van der Waals surface area contributed by atoms with Gasteiger partial charge in [-0.05, 0) is 12.2 Å². The van der Waals surface area contributed by atoms with Crippen LogP contribution in [0.1, 0.15) is 16.1 Å². The van der Waals surface area contributed by atoms with E-state index in [0.29, 0.717) is 17.0 Å². The number of rotatable bonds is 7. The lowest BCUT2D eigenvalue weighted by atomic mass is 10.1. The number of nitrogens with zero attached hydrogens (tertiary/aromatic N) is 1. The Labute approximate surface area is 133 Å². The number of carbonyl (C=O) groups is 2. The van der Waals surface area contributed by atoms with Gasteiger partial charge in [0.15, 0.2) is 23.9 Å². The minimum absolute atomic E-state index is 0.141. The monoisotopic (exact) mass is 313 g/mol. The average Bonchev–Trinajstić information content (AvgIpc) is 2.58. The van der Waals surface area contributed by atoms with E-state index in [1.54, 1.807) is 36.4 Å². The first kappa shape index (κ1) is 16.2. The van der Waals surface area contributed by atoms with Crippen LogP contribution < -0.4 is 9.47 Å². The predicted octanol–water partition coefficient (Wildman–Crippen LogP) is 2.45. The molecule has 1 heterocycles. The molecule has 23 heavy (non-hydrogen) atoms. The second-order valence-electron chi connectivity index (χ2n) is 4.51. The van der Waals surface area contributed by atoms with Crippen molar-refractivity contribution in [2.75, 3.05) is 13.7 Å². The molecule has 0 saturated heterocycles. The Bertz CT molecular complexity index is 725. The topological polar surface area (TPSA) is 85.7 Å². The Kier molecular flexibility index (Phi) is 5.46. The maximum atomic E-state index is 12.0. The summed E-state index contributed by atoms with van der Waals surface area (Å²) >= 11 is 0. The van der Waals surface area contributed by atoms with E-state index < -0.39 is 12.6 Å². The van der Waals surface area contributed by atoms with Gasteiger partial charge in [-0.25, -0.2) is 4.79 Å². The number of benzene rings is 1. The fourth-order valence-electron chi connectivity index (χ4n) is 1.80. The van der Waals surface area contributed by atoms with Gasteiger partial charge in [-0.15, -0.1) is 0 Å². The molecule has 0 aliphatic rings. The summed E-state index contributed by atoms with van der Waals surface area (Å²) in [6.07, 6.45) is 4.32. The molecule has 0 saturated carbocycles. The van der Waals surface area contributed by atoms with Gasteiger partial charge in [0, 0.05) is 11.6 Å². The van der Waals surface area contributed by atoms with E-state index in [1.807, 2.05) is 6.07 Å². The number of ketones is 1. The number of hydrogen-bond donors (Lipinski definition) is 1. The minimum atomic E-state index is -1.09. The van der Waals surface area contributed by atoms with Gasteiger partial charge in [0.05, 0.1) is 19.0 Å². The normalized spacial score (nSPS) is 10.5. The van der Waals surface area contributed by atoms with Crippen molar-refractivity contribution in [3.63, 3.8) is 0 Å². The van der Waals surface area contributed by atoms with E-state index in [4.69, 9.17) is 14.6 Å². The van der Waals surface area contributed by atoms with Gasteiger partial charge in [0.2, 0.25) is 0 Å². The number of aliphatic carboxylic acids is 1. The van der Waals surface area contributed by atoms with E-state index >= 15 is 0 Å². The summed E-state index contributed by atoms with van der Waals surface area (Å²) in [5, 5.41) is 8.61. The molecule has 1 aromatic heterocycles. The molecule has 0 aliphatic heterocycles. The Morgan fingerprint density at radius 2 is 1.96 bits per heavy atom. The van der Waals surface area contributed by atoms with Crippen LogP contribution in [0.25, 0.3) is 6.08 Å². The Hall–Kier alpha value is -3.15. The smallest absolute Gasteiger partial charge is 0.341 e. The summed E-state index contributed by atoms with van der Waals surface area (Å²) in [4.78, 5) is 26.6. The van der Waals surface area contributed by atoms with Gasteiger partial charge in [-0.2, -0.15) is 0 Å². The average molecular weight is 313 g/mol. The third-order valence-electron chi connectivity index (χ3n) is 2.89. The van der Waals surface area contributed by atoms with Gasteiger partial charge in [-0.3, -0.25) is 9.78 Å². The first-order valence-electron chi connectivity index (χ1n) is 6.76. The largest absolute Gasteiger partial charge is 0.493 e. The van der Waals surface area contributed by atoms with Crippen molar-refractivity contribution in [3.05, 3.63) is 59.9 Å². The number of pyridine rings is 1. The molecule has 2 rings (SSSR count). The number of methoxy groups -OCH3 is 1. The molecule has 0 radical (unpaired) electrons. The van der Waals surface area contributed by atoms with Crippen LogP contribution in [0, 0.1) is 0 Å². The predicted molar refractivity (Wildman–Crippen MR) is 83.7 cm³/mol. The molecular weight excluding hydrogens is 298 g/mol. The molecule has 1 aromatic carbocycles. The third kappa shape index (κ3) is 4.67. The van der Waals surface area contributed by atoms with Crippen molar-refractivity contribution in [1.82, 2.24) is 4.98 Å². The molecule has 0 spiro atoms. The molecule has 0 unspecified atom stereocenters. The molecule has 0 bridgehead atoms. The van der Waals surface area contributed by atoms with Crippen LogP contribution in [-0.2, 0) is 4.79 Å². The zero-order valence-electron chi connectivity index (χ0n) is 12.4. The number of carbonyl (C=O) groups excluding carboxylic acids is 1. The van der Waals surface area contributed by atoms with Gasteiger partial charge in [0.1, 0.15) is 0 Å². The number of aromatic nitrogens is 1. The highest BCUT2D eigenvalue weighted by Gasteiger charge is 2.08. The minimum Gasteiger partial charge on any atom is -0.493 e. The molecule has 118 valence electrons. The van der Waals surface area contributed by atoms with Crippen LogP contribution in [0.2, 0.25) is 0 Å². The van der Waals surface area contributed by atoms with Crippen molar-refractivity contribution in [2.24, 2.45) is 0 Å². The van der Waals surface area contributed by atoms with Gasteiger partial charge in [-0.1, -0.05) is 30.3 Å². The standard InChI is InChI=1S/C17H15NO5/c1-22-15-9-13(18-10-16(15)23-11-17(20)21)7-8-14(19)12-5-3-2-4-6-12/h2-10H,11H2,1H3,(H,20,21). The number of ether oxygens (including phenoxy) is 2. The number of carboxylic acid groups (broad SMARTS) is 1. The molecule has 0 atom stereocenters. The number of allylic oxidation sites excluding steroid dienone is 1. The Balaban J connectivity index is 2.12. The second-order valence-corrected chi connectivity index (χ2v) is 4.51. The van der Waals surface area contributed by atoms with E-state index in [9.17, 15) is 9.59 Å². The lowest BCUT2D eigenvalue weighted by Gasteiger charge is -2.08. The van der Waals surface area contributed by atoms with Crippen LogP contribution in [0.5, 0.6) is 11.5 Å². The van der Waals surface area contributed by atoms with Crippen molar-refractivity contribution >= 4 is 17.8 Å². The van der Waals surface area contributed by atoms with E-state index in [2.05, 4.69) is 4.98 Å². The Morgan fingerprint density at radius 3 is 2.61 bits per heavy atom. The van der Waals surface area contributed by atoms with Gasteiger partial charge >= 0.3 is 5.97 Å². The third-order valence-corrected chi connectivity index (χ3v) is 2.89.